The molecule has 0 spiro atoms. The molecule has 3 amide bonds. The van der Waals surface area contributed by atoms with E-state index in [1.165, 1.54) is 6.42 Å². The summed E-state index contributed by atoms with van der Waals surface area (Å²) in [5.74, 6) is 1.04. The predicted molar refractivity (Wildman–Crippen MR) is 92.8 cm³/mol. The first-order valence-electron chi connectivity index (χ1n) is 8.61. The van der Waals surface area contributed by atoms with E-state index in [0.29, 0.717) is 19.6 Å². The molecule has 6 nitrogen and oxygen atoms in total. The Morgan fingerprint density at radius 1 is 1.08 bits per heavy atom. The minimum absolute atomic E-state index is 0.119. The third-order valence-corrected chi connectivity index (χ3v) is 4.27. The van der Waals surface area contributed by atoms with E-state index in [2.05, 4.69) is 16.0 Å². The van der Waals surface area contributed by atoms with Crippen molar-refractivity contribution in [1.29, 1.82) is 0 Å². The average molecular weight is 333 g/mol. The van der Waals surface area contributed by atoms with Crippen LogP contribution in [0.4, 0.5) is 4.79 Å². The molecule has 1 aromatic rings. The summed E-state index contributed by atoms with van der Waals surface area (Å²) in [6.07, 6.45) is 5.49. The molecule has 1 aliphatic rings. The van der Waals surface area contributed by atoms with Gasteiger partial charge in [0.15, 0.2) is 0 Å². The molecule has 1 aromatic carbocycles. The summed E-state index contributed by atoms with van der Waals surface area (Å²) in [6.45, 7) is 1.31. The molecule has 0 heterocycles. The van der Waals surface area contributed by atoms with Crippen LogP contribution < -0.4 is 20.7 Å². The molecule has 6 heteroatoms. The van der Waals surface area contributed by atoms with E-state index >= 15 is 0 Å². The van der Waals surface area contributed by atoms with Crippen molar-refractivity contribution in [3.8, 4) is 5.75 Å². The van der Waals surface area contributed by atoms with Gasteiger partial charge < -0.3 is 20.7 Å². The Morgan fingerprint density at radius 2 is 1.83 bits per heavy atom. The van der Waals surface area contributed by atoms with Crippen LogP contribution in [0.15, 0.2) is 24.3 Å². The Bertz CT molecular complexity index is 542. The molecule has 3 N–H and O–H groups in total. The first kappa shape index (κ1) is 18.1. The fourth-order valence-corrected chi connectivity index (χ4v) is 2.90. The van der Waals surface area contributed by atoms with E-state index in [0.717, 1.165) is 37.0 Å². The zero-order valence-corrected chi connectivity index (χ0v) is 14.3. The Labute approximate surface area is 143 Å². The maximum atomic E-state index is 12.0. The second-order valence-electron chi connectivity index (χ2n) is 6.09. The highest BCUT2D eigenvalue weighted by atomic mass is 16.5. The highest BCUT2D eigenvalue weighted by molar-refractivity contribution is 5.78. The van der Waals surface area contributed by atoms with Crippen LogP contribution in [0.3, 0.4) is 0 Å². The third kappa shape index (κ3) is 6.10. The van der Waals surface area contributed by atoms with Crippen LogP contribution in [0.25, 0.3) is 0 Å². The lowest BCUT2D eigenvalue weighted by molar-refractivity contribution is -0.125. The van der Waals surface area contributed by atoms with Crippen LogP contribution in [-0.4, -0.2) is 32.1 Å². The second-order valence-corrected chi connectivity index (χ2v) is 6.09. The monoisotopic (exact) mass is 333 g/mol. The lowest BCUT2D eigenvalue weighted by Crippen LogP contribution is -2.41. The normalized spacial score (nSPS) is 14.7. The highest BCUT2D eigenvalue weighted by Gasteiger charge is 2.20. The standard InChI is InChI=1S/C18H27N3O3/c1-24-16-9-5-6-14(12-16)13-21-18(23)20-11-10-19-17(22)15-7-3-2-4-8-15/h5-6,9,12,15H,2-4,7-8,10-11,13H2,1H3,(H,19,22)(H2,20,21,23). The Balaban J connectivity index is 1.58. The molecule has 0 aromatic heterocycles. The molecule has 2 rings (SSSR count). The van der Waals surface area contributed by atoms with Gasteiger partial charge >= 0.3 is 6.03 Å². The fraction of sp³-hybridized carbons (Fsp3) is 0.556. The van der Waals surface area contributed by atoms with Gasteiger partial charge in [0.2, 0.25) is 5.91 Å². The molecule has 0 unspecified atom stereocenters. The van der Waals surface area contributed by atoms with Gasteiger partial charge in [-0.25, -0.2) is 4.79 Å². The molecule has 1 fully saturated rings. The lowest BCUT2D eigenvalue weighted by atomic mass is 9.89. The number of carbonyl (C=O) groups is 2. The van der Waals surface area contributed by atoms with Gasteiger partial charge in [0, 0.05) is 25.6 Å². The molecule has 1 saturated carbocycles. The summed E-state index contributed by atoms with van der Waals surface area (Å²) in [5, 5.41) is 8.43. The van der Waals surface area contributed by atoms with Crippen molar-refractivity contribution in [2.45, 2.75) is 38.6 Å². The fourth-order valence-electron chi connectivity index (χ4n) is 2.90. The van der Waals surface area contributed by atoms with Crippen LogP contribution in [0.5, 0.6) is 5.75 Å². The Hall–Kier alpha value is -2.24. The second kappa shape index (κ2) is 9.80. The summed E-state index contributed by atoms with van der Waals surface area (Å²) < 4.78 is 5.14. The number of rotatable bonds is 7. The molecule has 1 aliphatic carbocycles. The zero-order valence-electron chi connectivity index (χ0n) is 14.3. The molecule has 0 atom stereocenters. The van der Waals surface area contributed by atoms with E-state index in [1.54, 1.807) is 7.11 Å². The third-order valence-electron chi connectivity index (χ3n) is 4.27. The van der Waals surface area contributed by atoms with Gasteiger partial charge in [0.05, 0.1) is 7.11 Å². The van der Waals surface area contributed by atoms with E-state index in [-0.39, 0.29) is 17.9 Å². The number of amides is 3. The van der Waals surface area contributed by atoms with Crippen molar-refractivity contribution in [2.75, 3.05) is 20.2 Å². The van der Waals surface area contributed by atoms with Crippen LogP contribution >= 0.6 is 0 Å². The minimum Gasteiger partial charge on any atom is -0.497 e. The lowest BCUT2D eigenvalue weighted by Gasteiger charge is -2.20. The van der Waals surface area contributed by atoms with E-state index in [4.69, 9.17) is 4.74 Å². The largest absolute Gasteiger partial charge is 0.497 e. The van der Waals surface area contributed by atoms with Gasteiger partial charge in [0.1, 0.15) is 5.75 Å². The van der Waals surface area contributed by atoms with Crippen molar-refractivity contribution < 1.29 is 14.3 Å². The number of carbonyl (C=O) groups excluding carboxylic acids is 2. The number of urea groups is 1. The Kier molecular flexibility index (Phi) is 7.39. The number of hydrogen-bond acceptors (Lipinski definition) is 3. The molecular formula is C18H27N3O3. The number of methoxy groups -OCH3 is 1. The van der Waals surface area contributed by atoms with Gasteiger partial charge in [-0.2, -0.15) is 0 Å². The van der Waals surface area contributed by atoms with Gasteiger partial charge in [-0.3, -0.25) is 4.79 Å². The quantitative estimate of drug-likeness (QED) is 0.669. The number of hydrogen-bond donors (Lipinski definition) is 3. The number of benzene rings is 1. The molecule has 132 valence electrons. The number of ether oxygens (including phenoxy) is 1. The summed E-state index contributed by atoms with van der Waals surface area (Å²) in [5.41, 5.74) is 0.968. The van der Waals surface area contributed by atoms with Crippen molar-refractivity contribution >= 4 is 11.9 Å². The summed E-state index contributed by atoms with van der Waals surface area (Å²) >= 11 is 0. The van der Waals surface area contributed by atoms with Crippen molar-refractivity contribution in [3.05, 3.63) is 29.8 Å². The van der Waals surface area contributed by atoms with Gasteiger partial charge in [-0.15, -0.1) is 0 Å². The maximum absolute atomic E-state index is 12.0. The molecule has 0 aliphatic heterocycles. The van der Waals surface area contributed by atoms with Crippen LogP contribution in [0.2, 0.25) is 0 Å². The predicted octanol–water partition coefficient (Wildman–Crippen LogP) is 2.19. The molecular weight excluding hydrogens is 306 g/mol. The molecule has 0 saturated heterocycles. The highest BCUT2D eigenvalue weighted by Crippen LogP contribution is 2.23. The number of nitrogens with one attached hydrogen (secondary N) is 3. The van der Waals surface area contributed by atoms with E-state index in [1.807, 2.05) is 24.3 Å². The smallest absolute Gasteiger partial charge is 0.315 e. The summed E-state index contributed by atoms with van der Waals surface area (Å²) in [4.78, 5) is 23.7. The van der Waals surface area contributed by atoms with Crippen LogP contribution in [0.1, 0.15) is 37.7 Å². The topological polar surface area (TPSA) is 79.5 Å². The SMILES string of the molecule is COc1cccc(CNC(=O)NCCNC(=O)C2CCCCC2)c1. The molecule has 24 heavy (non-hydrogen) atoms. The average Bonchev–Trinajstić information content (AvgIpc) is 2.64. The summed E-state index contributed by atoms with van der Waals surface area (Å²) in [7, 11) is 1.61. The summed E-state index contributed by atoms with van der Waals surface area (Å²) in [6, 6.07) is 7.30. The minimum atomic E-state index is -0.246. The van der Waals surface area contributed by atoms with Crippen molar-refractivity contribution in [1.82, 2.24) is 16.0 Å². The van der Waals surface area contributed by atoms with Crippen LogP contribution in [-0.2, 0) is 11.3 Å². The van der Waals surface area contributed by atoms with Crippen LogP contribution in [0, 0.1) is 5.92 Å². The van der Waals surface area contributed by atoms with Gasteiger partial charge in [0.25, 0.3) is 0 Å². The zero-order chi connectivity index (χ0) is 17.2. The maximum Gasteiger partial charge on any atom is 0.315 e. The van der Waals surface area contributed by atoms with Gasteiger partial charge in [-0.1, -0.05) is 31.4 Å². The van der Waals surface area contributed by atoms with E-state index < -0.39 is 0 Å². The first-order valence-corrected chi connectivity index (χ1v) is 8.61. The molecule has 0 bridgehead atoms. The molecule has 0 radical (unpaired) electrons. The van der Waals surface area contributed by atoms with Gasteiger partial charge in [-0.05, 0) is 30.5 Å². The first-order chi connectivity index (χ1) is 11.7. The van der Waals surface area contributed by atoms with E-state index in [9.17, 15) is 9.59 Å². The Morgan fingerprint density at radius 3 is 2.58 bits per heavy atom. The van der Waals surface area contributed by atoms with Crippen molar-refractivity contribution in [2.24, 2.45) is 5.92 Å². The van der Waals surface area contributed by atoms with Crippen molar-refractivity contribution in [3.63, 3.8) is 0 Å².